The van der Waals surface area contributed by atoms with Crippen LogP contribution >= 0.6 is 23.1 Å². The minimum Gasteiger partial charge on any atom is -0.372 e. The highest BCUT2D eigenvalue weighted by atomic mass is 32.2. The molecule has 3 rings (SSSR count). The van der Waals surface area contributed by atoms with Crippen molar-refractivity contribution in [1.82, 2.24) is 10.2 Å². The summed E-state index contributed by atoms with van der Waals surface area (Å²) in [6, 6.07) is 8.52. The molecule has 8 heteroatoms. The molecule has 1 aliphatic rings. The van der Waals surface area contributed by atoms with Gasteiger partial charge in [-0.2, -0.15) is 0 Å². The molecule has 0 radical (unpaired) electrons. The lowest BCUT2D eigenvalue weighted by Gasteiger charge is -2.28. The van der Waals surface area contributed by atoms with Gasteiger partial charge in [0.05, 0.1) is 5.25 Å². The van der Waals surface area contributed by atoms with Crippen molar-refractivity contribution in [1.29, 1.82) is 0 Å². The Labute approximate surface area is 175 Å². The Hall–Kier alpha value is -1.80. The summed E-state index contributed by atoms with van der Waals surface area (Å²) in [6.07, 6.45) is 4.86. The Balaban J connectivity index is 1.51. The van der Waals surface area contributed by atoms with Crippen molar-refractivity contribution in [3.8, 4) is 0 Å². The highest BCUT2D eigenvalue weighted by Gasteiger charge is 2.18. The van der Waals surface area contributed by atoms with Gasteiger partial charge in [0.25, 0.3) is 0 Å². The molecule has 1 amide bonds. The first kappa shape index (κ1) is 20.9. The van der Waals surface area contributed by atoms with Crippen LogP contribution in [0.5, 0.6) is 0 Å². The Morgan fingerprint density at radius 1 is 1.18 bits per heavy atom. The average molecular weight is 420 g/mol. The molecule has 152 valence electrons. The summed E-state index contributed by atoms with van der Waals surface area (Å²) < 4.78 is 0.800. The van der Waals surface area contributed by atoms with Crippen LogP contribution in [0.2, 0.25) is 0 Å². The molecule has 1 aliphatic heterocycles. The van der Waals surface area contributed by atoms with Gasteiger partial charge in [-0.1, -0.05) is 30.0 Å². The molecule has 1 aromatic carbocycles. The maximum Gasteiger partial charge on any atom is 0.237 e. The van der Waals surface area contributed by atoms with E-state index < -0.39 is 0 Å². The van der Waals surface area contributed by atoms with Crippen LogP contribution in [-0.2, 0) is 4.79 Å². The molecule has 0 spiro atoms. The average Bonchev–Trinajstić information content (AvgIpc) is 3.15. The molecule has 1 aromatic heterocycles. The summed E-state index contributed by atoms with van der Waals surface area (Å²) >= 11 is 2.93. The number of thioether (sulfide) groups is 1. The normalized spacial score (nSPS) is 16.5. The van der Waals surface area contributed by atoms with E-state index in [0.29, 0.717) is 6.04 Å². The summed E-state index contributed by atoms with van der Waals surface area (Å²) in [6.45, 7) is 8.37. The second kappa shape index (κ2) is 10.1. The molecule has 2 aromatic rings. The predicted octanol–water partition coefficient (Wildman–Crippen LogP) is 4.86. The van der Waals surface area contributed by atoms with Crippen LogP contribution in [0.15, 0.2) is 28.6 Å². The van der Waals surface area contributed by atoms with Gasteiger partial charge in [-0.15, -0.1) is 10.2 Å². The molecule has 28 heavy (non-hydrogen) atoms. The minimum atomic E-state index is -0.244. The number of carbonyl (C=O) groups excluding carboxylic acids is 1. The number of amides is 1. The molecular weight excluding hydrogens is 390 g/mol. The van der Waals surface area contributed by atoms with Gasteiger partial charge in [-0.05, 0) is 63.8 Å². The number of hydrogen-bond acceptors (Lipinski definition) is 7. The fourth-order valence-electron chi connectivity index (χ4n) is 2.98. The smallest absolute Gasteiger partial charge is 0.237 e. The van der Waals surface area contributed by atoms with E-state index in [1.165, 1.54) is 48.0 Å². The van der Waals surface area contributed by atoms with Crippen LogP contribution in [0.3, 0.4) is 0 Å². The molecule has 0 unspecified atom stereocenters. The highest BCUT2D eigenvalue weighted by molar-refractivity contribution is 8.02. The SMILES string of the molecule is CC[C@H](C)Nc1nnc(S[C@@H](C)C(=O)Nc2ccc(N3CCCCC3)cc2)s1. The lowest BCUT2D eigenvalue weighted by Crippen LogP contribution is -2.29. The van der Waals surface area contributed by atoms with Crippen molar-refractivity contribution in [3.63, 3.8) is 0 Å². The Bertz CT molecular complexity index is 758. The topological polar surface area (TPSA) is 70.1 Å². The van der Waals surface area contributed by atoms with Crippen LogP contribution in [0.4, 0.5) is 16.5 Å². The number of rotatable bonds is 8. The largest absolute Gasteiger partial charge is 0.372 e. The minimum absolute atomic E-state index is 0.0256. The van der Waals surface area contributed by atoms with Crippen molar-refractivity contribution in [2.45, 2.75) is 62.1 Å². The van der Waals surface area contributed by atoms with Crippen molar-refractivity contribution in [2.75, 3.05) is 28.6 Å². The van der Waals surface area contributed by atoms with E-state index in [1.54, 1.807) is 0 Å². The number of hydrogen-bond donors (Lipinski definition) is 2. The van der Waals surface area contributed by atoms with Gasteiger partial charge in [0.15, 0.2) is 4.34 Å². The van der Waals surface area contributed by atoms with Crippen molar-refractivity contribution >= 4 is 45.5 Å². The third-order valence-corrected chi connectivity index (χ3v) is 6.93. The number of benzene rings is 1. The molecule has 2 atom stereocenters. The fourth-order valence-corrected chi connectivity index (χ4v) is 4.99. The van der Waals surface area contributed by atoms with E-state index in [0.717, 1.165) is 34.7 Å². The Morgan fingerprint density at radius 3 is 2.57 bits per heavy atom. The first-order valence-electron chi connectivity index (χ1n) is 9.97. The fraction of sp³-hybridized carbons (Fsp3) is 0.550. The second-order valence-corrected chi connectivity index (χ2v) is 9.74. The third kappa shape index (κ3) is 5.85. The second-order valence-electron chi connectivity index (χ2n) is 7.17. The molecule has 6 nitrogen and oxygen atoms in total. The monoisotopic (exact) mass is 419 g/mol. The van der Waals surface area contributed by atoms with Crippen molar-refractivity contribution in [2.24, 2.45) is 0 Å². The van der Waals surface area contributed by atoms with E-state index >= 15 is 0 Å². The van der Waals surface area contributed by atoms with E-state index in [9.17, 15) is 4.79 Å². The summed E-state index contributed by atoms with van der Waals surface area (Å²) in [5.41, 5.74) is 2.06. The molecule has 2 N–H and O–H groups in total. The van der Waals surface area contributed by atoms with Gasteiger partial charge in [0.1, 0.15) is 0 Å². The van der Waals surface area contributed by atoms with Crippen molar-refractivity contribution in [3.05, 3.63) is 24.3 Å². The molecule has 1 saturated heterocycles. The van der Waals surface area contributed by atoms with Crippen LogP contribution < -0.4 is 15.5 Å². The maximum absolute atomic E-state index is 12.5. The molecule has 0 saturated carbocycles. The van der Waals surface area contributed by atoms with E-state index in [-0.39, 0.29) is 11.2 Å². The number of piperidine rings is 1. The van der Waals surface area contributed by atoms with Gasteiger partial charge in [0, 0.05) is 30.5 Å². The quantitative estimate of drug-likeness (QED) is 0.596. The third-order valence-electron chi connectivity index (χ3n) is 4.89. The summed E-state index contributed by atoms with van der Waals surface area (Å²) in [5, 5.41) is 15.2. The summed E-state index contributed by atoms with van der Waals surface area (Å²) in [7, 11) is 0. The number of aromatic nitrogens is 2. The molecule has 1 fully saturated rings. The molecular formula is C20H29N5OS2. The van der Waals surface area contributed by atoms with Crippen LogP contribution in [0.25, 0.3) is 0 Å². The number of nitrogens with zero attached hydrogens (tertiary/aromatic N) is 3. The van der Waals surface area contributed by atoms with Gasteiger partial charge in [-0.25, -0.2) is 0 Å². The summed E-state index contributed by atoms with van der Waals surface area (Å²) in [4.78, 5) is 14.9. The highest BCUT2D eigenvalue weighted by Crippen LogP contribution is 2.30. The zero-order valence-corrected chi connectivity index (χ0v) is 18.4. The number of carbonyl (C=O) groups is 1. The van der Waals surface area contributed by atoms with Gasteiger partial charge in [-0.3, -0.25) is 4.79 Å². The lowest BCUT2D eigenvalue weighted by molar-refractivity contribution is -0.115. The number of nitrogens with one attached hydrogen (secondary N) is 2. The standard InChI is InChI=1S/C20H29N5OS2/c1-4-14(2)21-19-23-24-20(28-19)27-15(3)18(26)22-16-8-10-17(11-9-16)25-12-6-5-7-13-25/h8-11,14-15H,4-7,12-13H2,1-3H3,(H,21,23)(H,22,26)/t14-,15-/m0/s1. The predicted molar refractivity (Wildman–Crippen MR) is 120 cm³/mol. The molecule has 0 bridgehead atoms. The molecule has 2 heterocycles. The Kier molecular flexibility index (Phi) is 7.56. The first-order valence-corrected chi connectivity index (χ1v) is 11.7. The number of anilines is 3. The maximum atomic E-state index is 12.5. The van der Waals surface area contributed by atoms with Gasteiger partial charge < -0.3 is 15.5 Å². The van der Waals surface area contributed by atoms with Crippen LogP contribution in [0.1, 0.15) is 46.5 Å². The van der Waals surface area contributed by atoms with Gasteiger partial charge >= 0.3 is 0 Å². The first-order chi connectivity index (χ1) is 13.5. The van der Waals surface area contributed by atoms with E-state index in [1.807, 2.05) is 19.1 Å². The van der Waals surface area contributed by atoms with E-state index in [4.69, 9.17) is 0 Å². The zero-order valence-electron chi connectivity index (χ0n) is 16.8. The van der Waals surface area contributed by atoms with Crippen molar-refractivity contribution < 1.29 is 4.79 Å². The van der Waals surface area contributed by atoms with Crippen LogP contribution in [0, 0.1) is 0 Å². The zero-order chi connectivity index (χ0) is 19.9. The van der Waals surface area contributed by atoms with Crippen LogP contribution in [-0.4, -0.2) is 40.5 Å². The van der Waals surface area contributed by atoms with E-state index in [2.05, 4.69) is 51.7 Å². The van der Waals surface area contributed by atoms with Gasteiger partial charge in [0.2, 0.25) is 11.0 Å². The lowest BCUT2D eigenvalue weighted by atomic mass is 10.1. The summed E-state index contributed by atoms with van der Waals surface area (Å²) in [5.74, 6) is -0.0256. The molecule has 0 aliphatic carbocycles. The Morgan fingerprint density at radius 2 is 1.89 bits per heavy atom.